The van der Waals surface area contributed by atoms with Gasteiger partial charge in [-0.2, -0.15) is 0 Å². The highest BCUT2D eigenvalue weighted by Gasteiger charge is 2.22. The number of methoxy groups -OCH3 is 1. The predicted molar refractivity (Wildman–Crippen MR) is 62.1 cm³/mol. The van der Waals surface area contributed by atoms with Crippen LogP contribution in [0.3, 0.4) is 0 Å². The van der Waals surface area contributed by atoms with Crippen LogP contribution in [0.2, 0.25) is 0 Å². The summed E-state index contributed by atoms with van der Waals surface area (Å²) in [6.45, 7) is 1.81. The Hall–Kier alpha value is -1.30. The number of hydrogen-bond acceptors (Lipinski definition) is 5. The van der Waals surface area contributed by atoms with Crippen LogP contribution in [0.15, 0.2) is 18.2 Å². The largest absolute Gasteiger partial charge is 0.504 e. The Morgan fingerprint density at radius 2 is 2.06 bits per heavy atom. The molecule has 0 aliphatic heterocycles. The Labute approximate surface area is 100 Å². The molecule has 5 nitrogen and oxygen atoms in total. The molecule has 17 heavy (non-hydrogen) atoms. The fraction of sp³-hybridized carbons (Fsp3) is 0.500. The van der Waals surface area contributed by atoms with E-state index < -0.39 is 18.8 Å². The Bertz CT molecular complexity index is 353. The number of phenols is 1. The van der Waals surface area contributed by atoms with Gasteiger partial charge in [-0.25, -0.2) is 0 Å². The van der Waals surface area contributed by atoms with Crippen LogP contribution in [0.25, 0.3) is 0 Å². The highest BCUT2D eigenvalue weighted by molar-refractivity contribution is 5.42. The van der Waals surface area contributed by atoms with E-state index in [2.05, 4.69) is 0 Å². The average molecular weight is 242 g/mol. The standard InChI is InChI=1S/C12H18O5/c1-3-17-12(10(15)7-13)8-4-5-9(14)11(6-8)16-2/h4-6,10,12-15H,3,7H2,1-2H3/t10-,12-/m1/s1. The number of benzene rings is 1. The fourth-order valence-corrected chi connectivity index (χ4v) is 1.58. The first kappa shape index (κ1) is 13.8. The highest BCUT2D eigenvalue weighted by Crippen LogP contribution is 2.31. The van der Waals surface area contributed by atoms with Gasteiger partial charge in [0.25, 0.3) is 0 Å². The summed E-state index contributed by atoms with van der Waals surface area (Å²) in [7, 11) is 1.44. The number of rotatable bonds is 6. The van der Waals surface area contributed by atoms with Crippen molar-refractivity contribution in [1.29, 1.82) is 0 Å². The second-order valence-electron chi connectivity index (χ2n) is 3.56. The second-order valence-corrected chi connectivity index (χ2v) is 3.56. The first-order valence-corrected chi connectivity index (χ1v) is 5.41. The third-order valence-electron chi connectivity index (χ3n) is 2.42. The molecule has 1 aromatic carbocycles. The van der Waals surface area contributed by atoms with Crippen molar-refractivity contribution in [1.82, 2.24) is 0 Å². The summed E-state index contributed by atoms with van der Waals surface area (Å²) in [6.07, 6.45) is -1.65. The van der Waals surface area contributed by atoms with Crippen molar-refractivity contribution in [2.45, 2.75) is 19.1 Å². The summed E-state index contributed by atoms with van der Waals surface area (Å²) >= 11 is 0. The van der Waals surface area contributed by atoms with Crippen LogP contribution in [0.5, 0.6) is 11.5 Å². The maximum atomic E-state index is 9.66. The van der Waals surface area contributed by atoms with Gasteiger partial charge in [0.15, 0.2) is 11.5 Å². The lowest BCUT2D eigenvalue weighted by atomic mass is 10.0. The molecule has 0 aliphatic carbocycles. The lowest BCUT2D eigenvalue weighted by molar-refractivity contribution is -0.0560. The monoisotopic (exact) mass is 242 g/mol. The number of aliphatic hydroxyl groups is 2. The Kier molecular flexibility index (Phi) is 5.21. The predicted octanol–water partition coefficient (Wildman–Crippen LogP) is 0.832. The van der Waals surface area contributed by atoms with Crippen molar-refractivity contribution in [3.05, 3.63) is 23.8 Å². The summed E-state index contributed by atoms with van der Waals surface area (Å²) in [5.74, 6) is 0.322. The molecule has 1 aromatic rings. The smallest absolute Gasteiger partial charge is 0.160 e. The van der Waals surface area contributed by atoms with Crippen LogP contribution < -0.4 is 4.74 Å². The van der Waals surface area contributed by atoms with Gasteiger partial charge in [0.05, 0.1) is 13.7 Å². The van der Waals surface area contributed by atoms with Crippen molar-refractivity contribution in [3.8, 4) is 11.5 Å². The molecule has 5 heteroatoms. The molecular weight excluding hydrogens is 224 g/mol. The van der Waals surface area contributed by atoms with E-state index in [9.17, 15) is 10.2 Å². The molecule has 1 rings (SSSR count). The summed E-state index contributed by atoms with van der Waals surface area (Å²) < 4.78 is 10.4. The number of aliphatic hydroxyl groups excluding tert-OH is 2. The van der Waals surface area contributed by atoms with Crippen LogP contribution in [-0.4, -0.2) is 41.7 Å². The minimum absolute atomic E-state index is 0.0185. The van der Waals surface area contributed by atoms with E-state index in [1.807, 2.05) is 0 Å². The third-order valence-corrected chi connectivity index (χ3v) is 2.42. The van der Waals surface area contributed by atoms with Gasteiger partial charge in [0.2, 0.25) is 0 Å². The van der Waals surface area contributed by atoms with Gasteiger partial charge in [-0.05, 0) is 24.6 Å². The van der Waals surface area contributed by atoms with Gasteiger partial charge in [-0.15, -0.1) is 0 Å². The van der Waals surface area contributed by atoms with Crippen LogP contribution >= 0.6 is 0 Å². The molecule has 0 bridgehead atoms. The lowest BCUT2D eigenvalue weighted by Crippen LogP contribution is -2.24. The van der Waals surface area contributed by atoms with Crippen molar-refractivity contribution in [2.24, 2.45) is 0 Å². The van der Waals surface area contributed by atoms with Gasteiger partial charge >= 0.3 is 0 Å². The normalized spacial score (nSPS) is 14.4. The van der Waals surface area contributed by atoms with Crippen molar-refractivity contribution in [2.75, 3.05) is 20.3 Å². The number of ether oxygens (including phenoxy) is 2. The molecule has 0 fully saturated rings. The Balaban J connectivity index is 3.01. The van der Waals surface area contributed by atoms with Crippen molar-refractivity contribution >= 4 is 0 Å². The lowest BCUT2D eigenvalue weighted by Gasteiger charge is -2.22. The number of phenolic OH excluding ortho intramolecular Hbond substituents is 1. The van der Waals surface area contributed by atoms with Gasteiger partial charge in [0.1, 0.15) is 12.2 Å². The molecule has 0 amide bonds. The summed E-state index contributed by atoms with van der Waals surface area (Å²) in [4.78, 5) is 0. The maximum absolute atomic E-state index is 9.66. The van der Waals surface area contributed by atoms with Gasteiger partial charge in [-0.1, -0.05) is 6.07 Å². The molecule has 0 radical (unpaired) electrons. The van der Waals surface area contributed by atoms with Gasteiger partial charge < -0.3 is 24.8 Å². The van der Waals surface area contributed by atoms with Crippen LogP contribution in [0, 0.1) is 0 Å². The number of hydrogen-bond donors (Lipinski definition) is 3. The third kappa shape index (κ3) is 3.33. The van der Waals surface area contributed by atoms with Gasteiger partial charge in [0, 0.05) is 6.61 Å². The van der Waals surface area contributed by atoms with Gasteiger partial charge in [-0.3, -0.25) is 0 Å². The zero-order chi connectivity index (χ0) is 12.8. The van der Waals surface area contributed by atoms with E-state index >= 15 is 0 Å². The summed E-state index contributed by atoms with van der Waals surface area (Å²) in [5, 5.41) is 28.1. The molecular formula is C12H18O5. The number of aromatic hydroxyl groups is 1. The SMILES string of the molecule is CCO[C@H](c1ccc(O)c(OC)c1)[C@H](O)CO. The molecule has 3 N–H and O–H groups in total. The molecule has 0 saturated heterocycles. The first-order valence-electron chi connectivity index (χ1n) is 5.41. The molecule has 0 unspecified atom stereocenters. The zero-order valence-corrected chi connectivity index (χ0v) is 9.96. The zero-order valence-electron chi connectivity index (χ0n) is 9.96. The van der Waals surface area contributed by atoms with Crippen LogP contribution in [0.4, 0.5) is 0 Å². The van der Waals surface area contributed by atoms with Crippen LogP contribution in [-0.2, 0) is 4.74 Å². The average Bonchev–Trinajstić information content (AvgIpc) is 2.36. The molecule has 0 saturated carbocycles. The summed E-state index contributed by atoms with van der Waals surface area (Å²) in [6, 6.07) is 4.66. The van der Waals surface area contributed by atoms with E-state index in [1.54, 1.807) is 19.1 Å². The van der Waals surface area contributed by atoms with E-state index in [-0.39, 0.29) is 5.75 Å². The van der Waals surface area contributed by atoms with E-state index in [4.69, 9.17) is 14.6 Å². The van der Waals surface area contributed by atoms with E-state index in [0.29, 0.717) is 17.9 Å². The molecule has 2 atom stereocenters. The minimum Gasteiger partial charge on any atom is -0.504 e. The molecule has 0 aliphatic rings. The second kappa shape index (κ2) is 6.44. The van der Waals surface area contributed by atoms with Crippen molar-refractivity contribution in [3.63, 3.8) is 0 Å². The minimum atomic E-state index is -1.01. The Morgan fingerprint density at radius 3 is 2.59 bits per heavy atom. The first-order chi connectivity index (χ1) is 8.13. The van der Waals surface area contributed by atoms with E-state index in [0.717, 1.165) is 0 Å². The topological polar surface area (TPSA) is 79.2 Å². The quantitative estimate of drug-likeness (QED) is 0.688. The highest BCUT2D eigenvalue weighted by atomic mass is 16.5. The summed E-state index contributed by atoms with van der Waals surface area (Å²) in [5.41, 5.74) is 0.642. The fourth-order valence-electron chi connectivity index (χ4n) is 1.58. The molecule has 0 aromatic heterocycles. The van der Waals surface area contributed by atoms with Crippen molar-refractivity contribution < 1.29 is 24.8 Å². The van der Waals surface area contributed by atoms with Crippen LogP contribution in [0.1, 0.15) is 18.6 Å². The molecule has 0 spiro atoms. The molecule has 96 valence electrons. The molecule has 0 heterocycles. The van der Waals surface area contributed by atoms with E-state index in [1.165, 1.54) is 13.2 Å². The Morgan fingerprint density at radius 1 is 1.35 bits per heavy atom. The maximum Gasteiger partial charge on any atom is 0.160 e.